The molecule has 0 aromatic carbocycles. The van der Waals surface area contributed by atoms with E-state index in [9.17, 15) is 0 Å². The van der Waals surface area contributed by atoms with E-state index in [2.05, 4.69) is 39.2 Å². The maximum absolute atomic E-state index is 3.84. The van der Waals surface area contributed by atoms with Gasteiger partial charge in [0.05, 0.1) is 0 Å². The minimum atomic E-state index is 0.759. The standard InChI is InChI=1S/C12H18.C5H10/c1-3-8-11(4-2)12-9-6-5-7-10-12;1-4-5(2)3/h3-4,8,12H,1-2,5-7,9-10H2;4H,1-3H3/b11-8+;. The largest absolute Gasteiger partial charge is 0.0991 e. The summed E-state index contributed by atoms with van der Waals surface area (Å²) in [4.78, 5) is 0. The second-order valence-electron chi connectivity index (χ2n) is 4.81. The molecule has 0 amide bonds. The van der Waals surface area contributed by atoms with Crippen LogP contribution in [0.4, 0.5) is 0 Å². The SMILES string of the molecule is C=C/C=C(\C=C)C1CCCCC1.CC=C(C)C. The third-order valence-corrected chi connectivity index (χ3v) is 3.20. The first-order valence-electron chi connectivity index (χ1n) is 6.70. The van der Waals surface area contributed by atoms with Gasteiger partial charge in [0.15, 0.2) is 0 Å². The molecule has 0 N–H and O–H groups in total. The molecule has 0 heteroatoms. The first-order valence-corrected chi connectivity index (χ1v) is 6.70. The quantitative estimate of drug-likeness (QED) is 0.424. The molecular formula is C17H28. The minimum Gasteiger partial charge on any atom is -0.0991 e. The topological polar surface area (TPSA) is 0 Å². The summed E-state index contributed by atoms with van der Waals surface area (Å²) in [6, 6.07) is 0. The van der Waals surface area contributed by atoms with Gasteiger partial charge in [-0.1, -0.05) is 62.3 Å². The Bertz CT molecular complexity index is 268. The predicted octanol–water partition coefficient (Wildman–Crippen LogP) is 5.84. The zero-order valence-electron chi connectivity index (χ0n) is 11.8. The van der Waals surface area contributed by atoms with E-state index in [0.717, 1.165) is 5.92 Å². The van der Waals surface area contributed by atoms with Crippen LogP contribution in [0.1, 0.15) is 52.9 Å². The Morgan fingerprint density at radius 2 is 1.59 bits per heavy atom. The van der Waals surface area contributed by atoms with Crippen molar-refractivity contribution < 1.29 is 0 Å². The first-order chi connectivity index (χ1) is 8.15. The molecule has 0 aromatic heterocycles. The van der Waals surface area contributed by atoms with E-state index in [1.54, 1.807) is 0 Å². The second-order valence-corrected chi connectivity index (χ2v) is 4.81. The molecular weight excluding hydrogens is 204 g/mol. The normalized spacial score (nSPS) is 16.5. The van der Waals surface area contributed by atoms with Gasteiger partial charge in [-0.15, -0.1) is 0 Å². The van der Waals surface area contributed by atoms with Crippen LogP contribution in [-0.2, 0) is 0 Å². The average molecular weight is 232 g/mol. The molecule has 1 aliphatic rings. The van der Waals surface area contributed by atoms with Crippen molar-refractivity contribution in [3.05, 3.63) is 48.6 Å². The molecule has 0 heterocycles. The van der Waals surface area contributed by atoms with E-state index in [0.29, 0.717) is 0 Å². The van der Waals surface area contributed by atoms with Gasteiger partial charge in [-0.05, 0) is 45.1 Å². The number of rotatable bonds is 3. The fourth-order valence-electron chi connectivity index (χ4n) is 1.94. The van der Waals surface area contributed by atoms with E-state index in [4.69, 9.17) is 0 Å². The predicted molar refractivity (Wildman–Crippen MR) is 80.2 cm³/mol. The van der Waals surface area contributed by atoms with Gasteiger partial charge in [-0.3, -0.25) is 0 Å². The lowest BCUT2D eigenvalue weighted by atomic mass is 9.83. The van der Waals surface area contributed by atoms with Crippen LogP contribution in [-0.4, -0.2) is 0 Å². The van der Waals surface area contributed by atoms with Crippen molar-refractivity contribution in [1.82, 2.24) is 0 Å². The second kappa shape index (κ2) is 10.1. The van der Waals surface area contributed by atoms with Crippen LogP contribution < -0.4 is 0 Å². The average Bonchev–Trinajstić information content (AvgIpc) is 2.37. The number of hydrogen-bond donors (Lipinski definition) is 0. The smallest absolute Gasteiger partial charge is 0.0162 e. The monoisotopic (exact) mass is 232 g/mol. The van der Waals surface area contributed by atoms with E-state index in [-0.39, 0.29) is 0 Å². The number of hydrogen-bond acceptors (Lipinski definition) is 0. The zero-order valence-corrected chi connectivity index (χ0v) is 11.8. The fourth-order valence-corrected chi connectivity index (χ4v) is 1.94. The molecule has 0 saturated heterocycles. The van der Waals surface area contributed by atoms with Crippen molar-refractivity contribution in [2.45, 2.75) is 52.9 Å². The van der Waals surface area contributed by atoms with Gasteiger partial charge in [0.2, 0.25) is 0 Å². The molecule has 1 aliphatic carbocycles. The van der Waals surface area contributed by atoms with Crippen LogP contribution in [0.2, 0.25) is 0 Å². The zero-order chi connectivity index (χ0) is 13.1. The fraction of sp³-hybridized carbons (Fsp3) is 0.529. The molecule has 0 aromatic rings. The molecule has 0 unspecified atom stereocenters. The Morgan fingerprint density at radius 3 is 1.94 bits per heavy atom. The van der Waals surface area contributed by atoms with Crippen molar-refractivity contribution in [1.29, 1.82) is 0 Å². The van der Waals surface area contributed by atoms with E-state index < -0.39 is 0 Å². The summed E-state index contributed by atoms with van der Waals surface area (Å²) in [5.41, 5.74) is 2.76. The lowest BCUT2D eigenvalue weighted by Gasteiger charge is -2.22. The van der Waals surface area contributed by atoms with Gasteiger partial charge in [0, 0.05) is 0 Å². The molecule has 17 heavy (non-hydrogen) atoms. The van der Waals surface area contributed by atoms with Crippen molar-refractivity contribution >= 4 is 0 Å². The summed E-state index contributed by atoms with van der Waals surface area (Å²) < 4.78 is 0. The molecule has 1 fully saturated rings. The highest BCUT2D eigenvalue weighted by Gasteiger charge is 2.14. The lowest BCUT2D eigenvalue weighted by molar-refractivity contribution is 0.408. The summed E-state index contributed by atoms with van der Waals surface area (Å²) >= 11 is 0. The van der Waals surface area contributed by atoms with Crippen molar-refractivity contribution in [3.8, 4) is 0 Å². The molecule has 1 rings (SSSR count). The highest BCUT2D eigenvalue weighted by atomic mass is 14.2. The maximum Gasteiger partial charge on any atom is -0.0162 e. The van der Waals surface area contributed by atoms with E-state index >= 15 is 0 Å². The summed E-state index contributed by atoms with van der Waals surface area (Å²) in [6.45, 7) is 13.8. The van der Waals surface area contributed by atoms with Gasteiger partial charge in [0.1, 0.15) is 0 Å². The van der Waals surface area contributed by atoms with Crippen LogP contribution in [0.25, 0.3) is 0 Å². The highest BCUT2D eigenvalue weighted by molar-refractivity contribution is 5.24. The van der Waals surface area contributed by atoms with Crippen molar-refractivity contribution in [2.24, 2.45) is 5.92 Å². The van der Waals surface area contributed by atoms with Crippen molar-refractivity contribution in [3.63, 3.8) is 0 Å². The summed E-state index contributed by atoms with van der Waals surface area (Å²) in [6.07, 6.45) is 14.9. The third kappa shape index (κ3) is 7.79. The van der Waals surface area contributed by atoms with Crippen LogP contribution in [0.3, 0.4) is 0 Å². The minimum absolute atomic E-state index is 0.759. The van der Waals surface area contributed by atoms with Crippen LogP contribution in [0.5, 0.6) is 0 Å². The summed E-state index contributed by atoms with van der Waals surface area (Å²) in [5.74, 6) is 0.759. The van der Waals surface area contributed by atoms with E-state index in [1.165, 1.54) is 43.3 Å². The van der Waals surface area contributed by atoms with Crippen LogP contribution >= 0.6 is 0 Å². The molecule has 0 radical (unpaired) electrons. The van der Waals surface area contributed by atoms with E-state index in [1.807, 2.05) is 19.1 Å². The molecule has 0 bridgehead atoms. The third-order valence-electron chi connectivity index (χ3n) is 3.20. The van der Waals surface area contributed by atoms with Crippen LogP contribution in [0.15, 0.2) is 48.6 Å². The van der Waals surface area contributed by atoms with Gasteiger partial charge >= 0.3 is 0 Å². The Morgan fingerprint density at radius 1 is 1.06 bits per heavy atom. The lowest BCUT2D eigenvalue weighted by Crippen LogP contribution is -2.07. The molecule has 0 nitrogen and oxygen atoms in total. The van der Waals surface area contributed by atoms with Gasteiger partial charge < -0.3 is 0 Å². The summed E-state index contributed by atoms with van der Waals surface area (Å²) in [5, 5.41) is 0. The number of allylic oxidation sites excluding steroid dienone is 6. The Labute approximate surface area is 108 Å². The molecule has 96 valence electrons. The van der Waals surface area contributed by atoms with Gasteiger partial charge in [-0.25, -0.2) is 0 Å². The maximum atomic E-state index is 3.84. The molecule has 1 saturated carbocycles. The first kappa shape index (κ1) is 16.0. The Hall–Kier alpha value is -1.04. The van der Waals surface area contributed by atoms with Crippen molar-refractivity contribution in [2.75, 3.05) is 0 Å². The van der Waals surface area contributed by atoms with Crippen LogP contribution in [0, 0.1) is 5.92 Å². The Kier molecular flexibility index (Phi) is 9.52. The molecule has 0 atom stereocenters. The molecule has 0 aliphatic heterocycles. The molecule has 0 spiro atoms. The van der Waals surface area contributed by atoms with Gasteiger partial charge in [-0.2, -0.15) is 0 Å². The van der Waals surface area contributed by atoms with Gasteiger partial charge in [0.25, 0.3) is 0 Å². The summed E-state index contributed by atoms with van der Waals surface area (Å²) in [7, 11) is 0. The highest BCUT2D eigenvalue weighted by Crippen LogP contribution is 2.29. The Balaban J connectivity index is 0.000000437.